The number of amides is 1. The average Bonchev–Trinajstić information content (AvgIpc) is 2.31. The molecule has 19 heavy (non-hydrogen) atoms. The van der Waals surface area contributed by atoms with E-state index in [9.17, 15) is 9.59 Å². The number of rotatable bonds is 5. The largest absolute Gasteiger partial charge is 0.481 e. The van der Waals surface area contributed by atoms with Crippen LogP contribution in [0, 0.1) is 18.8 Å². The first-order valence-electron chi connectivity index (χ1n) is 6.20. The van der Waals surface area contributed by atoms with Crippen molar-refractivity contribution >= 4 is 17.6 Å². The standard InChI is InChI=1S/C14H20N2O3/c1-8(2)11(14(18)19)7-16-13(17)10-5-4-9(3)12(15)6-10/h4-6,8,11H,7,15H2,1-3H3,(H,16,17)(H,18,19). The zero-order valence-electron chi connectivity index (χ0n) is 11.4. The van der Waals surface area contributed by atoms with Crippen LogP contribution in [0.3, 0.4) is 0 Å². The number of hydrogen-bond acceptors (Lipinski definition) is 3. The molecule has 0 aliphatic rings. The van der Waals surface area contributed by atoms with E-state index in [-0.39, 0.29) is 18.4 Å². The van der Waals surface area contributed by atoms with Gasteiger partial charge < -0.3 is 16.2 Å². The van der Waals surface area contributed by atoms with E-state index in [4.69, 9.17) is 10.8 Å². The lowest BCUT2D eigenvalue weighted by Crippen LogP contribution is -2.35. The predicted octanol–water partition coefficient (Wildman–Crippen LogP) is 1.66. The summed E-state index contributed by atoms with van der Waals surface area (Å²) in [5, 5.41) is 11.7. The maximum absolute atomic E-state index is 11.9. The molecule has 0 radical (unpaired) electrons. The van der Waals surface area contributed by atoms with Gasteiger partial charge in [0.15, 0.2) is 0 Å². The van der Waals surface area contributed by atoms with E-state index in [0.29, 0.717) is 11.3 Å². The third kappa shape index (κ3) is 3.98. The van der Waals surface area contributed by atoms with Gasteiger partial charge in [0.05, 0.1) is 5.92 Å². The third-order valence-corrected chi connectivity index (χ3v) is 3.15. The van der Waals surface area contributed by atoms with Crippen LogP contribution < -0.4 is 11.1 Å². The Balaban J connectivity index is 2.69. The van der Waals surface area contributed by atoms with Crippen LogP contribution in [0.5, 0.6) is 0 Å². The number of hydrogen-bond donors (Lipinski definition) is 3. The first-order valence-corrected chi connectivity index (χ1v) is 6.20. The van der Waals surface area contributed by atoms with Crippen LogP contribution in [0.2, 0.25) is 0 Å². The molecule has 0 aliphatic carbocycles. The Morgan fingerprint density at radius 1 is 1.37 bits per heavy atom. The van der Waals surface area contributed by atoms with E-state index in [1.54, 1.807) is 18.2 Å². The van der Waals surface area contributed by atoms with E-state index >= 15 is 0 Å². The van der Waals surface area contributed by atoms with Gasteiger partial charge in [0.2, 0.25) is 0 Å². The van der Waals surface area contributed by atoms with Crippen molar-refractivity contribution in [3.8, 4) is 0 Å². The molecule has 1 aromatic rings. The van der Waals surface area contributed by atoms with Crippen LogP contribution in [0.1, 0.15) is 29.8 Å². The van der Waals surface area contributed by atoms with Crippen molar-refractivity contribution in [3.05, 3.63) is 29.3 Å². The second-order valence-electron chi connectivity index (χ2n) is 4.97. The van der Waals surface area contributed by atoms with Crippen LogP contribution in [0.15, 0.2) is 18.2 Å². The maximum atomic E-state index is 11.9. The number of aryl methyl sites for hydroxylation is 1. The highest BCUT2D eigenvalue weighted by Gasteiger charge is 2.22. The Labute approximate surface area is 112 Å². The minimum atomic E-state index is -0.904. The molecule has 0 aliphatic heterocycles. The molecule has 104 valence electrons. The number of carboxylic acid groups (broad SMARTS) is 1. The lowest BCUT2D eigenvalue weighted by atomic mass is 9.96. The molecule has 0 bridgehead atoms. The predicted molar refractivity (Wildman–Crippen MR) is 73.9 cm³/mol. The topological polar surface area (TPSA) is 92.4 Å². The molecule has 0 saturated heterocycles. The van der Waals surface area contributed by atoms with Crippen molar-refractivity contribution in [1.29, 1.82) is 0 Å². The fourth-order valence-corrected chi connectivity index (χ4v) is 1.69. The van der Waals surface area contributed by atoms with Crippen LogP contribution in [0.4, 0.5) is 5.69 Å². The first-order chi connectivity index (χ1) is 8.82. The first kappa shape index (κ1) is 15.0. The third-order valence-electron chi connectivity index (χ3n) is 3.15. The minimum Gasteiger partial charge on any atom is -0.481 e. The Kier molecular flexibility index (Phi) is 4.92. The molecule has 1 rings (SSSR count). The summed E-state index contributed by atoms with van der Waals surface area (Å²) in [6.45, 7) is 5.60. The number of nitrogen functional groups attached to an aromatic ring is 1. The molecule has 0 fully saturated rings. The van der Waals surface area contributed by atoms with Crippen LogP contribution in [-0.2, 0) is 4.79 Å². The average molecular weight is 264 g/mol. The quantitative estimate of drug-likeness (QED) is 0.705. The van der Waals surface area contributed by atoms with E-state index in [1.807, 2.05) is 20.8 Å². The molecule has 1 unspecified atom stereocenters. The van der Waals surface area contributed by atoms with Crippen molar-refractivity contribution in [2.45, 2.75) is 20.8 Å². The SMILES string of the molecule is Cc1ccc(C(=O)NCC(C(=O)O)C(C)C)cc1N. The molecule has 5 nitrogen and oxygen atoms in total. The number of carbonyl (C=O) groups excluding carboxylic acids is 1. The van der Waals surface area contributed by atoms with Crippen molar-refractivity contribution in [1.82, 2.24) is 5.32 Å². The second kappa shape index (κ2) is 6.22. The summed E-state index contributed by atoms with van der Waals surface area (Å²) in [4.78, 5) is 22.9. The summed E-state index contributed by atoms with van der Waals surface area (Å²) >= 11 is 0. The summed E-state index contributed by atoms with van der Waals surface area (Å²) in [6, 6.07) is 5.03. The van der Waals surface area contributed by atoms with E-state index < -0.39 is 11.9 Å². The van der Waals surface area contributed by atoms with Crippen molar-refractivity contribution < 1.29 is 14.7 Å². The molecule has 0 aromatic heterocycles. The highest BCUT2D eigenvalue weighted by atomic mass is 16.4. The van der Waals surface area contributed by atoms with Gasteiger partial charge in [0, 0.05) is 17.8 Å². The van der Waals surface area contributed by atoms with Gasteiger partial charge in [0.1, 0.15) is 0 Å². The van der Waals surface area contributed by atoms with E-state index in [0.717, 1.165) is 5.56 Å². The highest BCUT2D eigenvalue weighted by molar-refractivity contribution is 5.95. The number of nitrogens with two attached hydrogens (primary N) is 1. The minimum absolute atomic E-state index is 0.0408. The Morgan fingerprint density at radius 2 is 2.00 bits per heavy atom. The summed E-state index contributed by atoms with van der Waals surface area (Å²) in [5.74, 6) is -1.84. The van der Waals surface area contributed by atoms with Gasteiger partial charge >= 0.3 is 5.97 Å². The van der Waals surface area contributed by atoms with Crippen LogP contribution >= 0.6 is 0 Å². The number of aliphatic carboxylic acids is 1. The number of anilines is 1. The number of carbonyl (C=O) groups is 2. The molecule has 5 heteroatoms. The molecular formula is C14H20N2O3. The van der Waals surface area contributed by atoms with Crippen molar-refractivity contribution in [2.75, 3.05) is 12.3 Å². The molecule has 0 heterocycles. The summed E-state index contributed by atoms with van der Waals surface area (Å²) in [5.41, 5.74) is 7.63. The molecule has 4 N–H and O–H groups in total. The summed E-state index contributed by atoms with van der Waals surface area (Å²) in [6.07, 6.45) is 0. The number of carboxylic acids is 1. The Hall–Kier alpha value is -2.04. The molecule has 1 atom stereocenters. The summed E-state index contributed by atoms with van der Waals surface area (Å²) < 4.78 is 0. The lowest BCUT2D eigenvalue weighted by molar-refractivity contribution is -0.142. The van der Waals surface area contributed by atoms with Gasteiger partial charge in [-0.3, -0.25) is 9.59 Å². The zero-order chi connectivity index (χ0) is 14.6. The molecule has 1 aromatic carbocycles. The van der Waals surface area contributed by atoms with Gasteiger partial charge in [-0.2, -0.15) is 0 Å². The van der Waals surface area contributed by atoms with Gasteiger partial charge in [-0.25, -0.2) is 0 Å². The summed E-state index contributed by atoms with van der Waals surface area (Å²) in [7, 11) is 0. The highest BCUT2D eigenvalue weighted by Crippen LogP contribution is 2.14. The molecule has 0 spiro atoms. The lowest BCUT2D eigenvalue weighted by Gasteiger charge is -2.16. The van der Waals surface area contributed by atoms with Crippen molar-refractivity contribution in [3.63, 3.8) is 0 Å². The van der Waals surface area contributed by atoms with Gasteiger partial charge in [-0.15, -0.1) is 0 Å². The van der Waals surface area contributed by atoms with Crippen molar-refractivity contribution in [2.24, 2.45) is 11.8 Å². The van der Waals surface area contributed by atoms with Gasteiger partial charge in [-0.05, 0) is 30.5 Å². The number of nitrogens with one attached hydrogen (secondary N) is 1. The number of benzene rings is 1. The Bertz CT molecular complexity index is 484. The normalized spacial score (nSPS) is 12.2. The fourth-order valence-electron chi connectivity index (χ4n) is 1.69. The van der Waals surface area contributed by atoms with E-state index in [1.165, 1.54) is 0 Å². The molecular weight excluding hydrogens is 244 g/mol. The van der Waals surface area contributed by atoms with Gasteiger partial charge in [-0.1, -0.05) is 19.9 Å². The maximum Gasteiger partial charge on any atom is 0.308 e. The monoisotopic (exact) mass is 264 g/mol. The van der Waals surface area contributed by atoms with Gasteiger partial charge in [0.25, 0.3) is 5.91 Å². The smallest absolute Gasteiger partial charge is 0.308 e. The zero-order valence-corrected chi connectivity index (χ0v) is 11.4. The Morgan fingerprint density at radius 3 is 2.47 bits per heavy atom. The fraction of sp³-hybridized carbons (Fsp3) is 0.429. The molecule has 0 saturated carbocycles. The second-order valence-corrected chi connectivity index (χ2v) is 4.97. The molecule has 1 amide bonds. The van der Waals surface area contributed by atoms with E-state index in [2.05, 4.69) is 5.32 Å². The van der Waals surface area contributed by atoms with Crippen LogP contribution in [-0.4, -0.2) is 23.5 Å². The van der Waals surface area contributed by atoms with Crippen LogP contribution in [0.25, 0.3) is 0 Å².